The van der Waals surface area contributed by atoms with Crippen molar-refractivity contribution in [3.8, 4) is 16.9 Å². The van der Waals surface area contributed by atoms with Crippen LogP contribution in [0.25, 0.3) is 27.7 Å². The molecule has 0 aliphatic rings. The third kappa shape index (κ3) is 4.35. The average Bonchev–Trinajstić information content (AvgIpc) is 3.18. The molecule has 4 aromatic rings. The molecule has 0 radical (unpaired) electrons. The highest BCUT2D eigenvalue weighted by Gasteiger charge is 2.15. The fraction of sp³-hybridized carbons (Fsp3) is 0.115. The van der Waals surface area contributed by atoms with E-state index in [2.05, 4.69) is 5.32 Å². The second kappa shape index (κ2) is 8.70. The number of aryl methyl sites for hydroxylation is 1. The maximum absolute atomic E-state index is 12.7. The number of amides is 1. The smallest absolute Gasteiger partial charge is 0.248 e. The van der Waals surface area contributed by atoms with Gasteiger partial charge >= 0.3 is 0 Å². The Bertz CT molecular complexity index is 1290. The number of carbonyl (C=O) groups excluding carboxylic acids is 1. The van der Waals surface area contributed by atoms with E-state index in [9.17, 15) is 4.79 Å². The van der Waals surface area contributed by atoms with Gasteiger partial charge in [-0.15, -0.1) is 0 Å². The Morgan fingerprint density at radius 2 is 1.87 bits per heavy atom. The first-order chi connectivity index (χ1) is 15.0. The molecule has 1 N–H and O–H groups in total. The van der Waals surface area contributed by atoms with Gasteiger partial charge in [-0.1, -0.05) is 48.0 Å². The molecule has 0 aliphatic carbocycles. The Kier molecular flexibility index (Phi) is 5.83. The van der Waals surface area contributed by atoms with Crippen molar-refractivity contribution < 1.29 is 13.9 Å². The molecule has 0 fully saturated rings. The van der Waals surface area contributed by atoms with E-state index in [0.29, 0.717) is 16.5 Å². The first-order valence-corrected chi connectivity index (χ1v) is 10.2. The van der Waals surface area contributed by atoms with E-state index in [1.807, 2.05) is 62.4 Å². The van der Waals surface area contributed by atoms with Crippen molar-refractivity contribution in [3.05, 3.63) is 89.2 Å². The summed E-state index contributed by atoms with van der Waals surface area (Å²) in [6.45, 7) is 3.81. The minimum absolute atomic E-state index is 0.236. The summed E-state index contributed by atoms with van der Waals surface area (Å²) in [5.74, 6) is 0.405. The van der Waals surface area contributed by atoms with Gasteiger partial charge in [0.2, 0.25) is 5.91 Å². The SMILES string of the molecule is COc1cc2occ(-c3ccccc3)c2cc1/C(C)=C/C(=O)Nc1cc(Cl)ccc1C. The van der Waals surface area contributed by atoms with Crippen LogP contribution >= 0.6 is 11.6 Å². The fourth-order valence-electron chi connectivity index (χ4n) is 3.55. The summed E-state index contributed by atoms with van der Waals surface area (Å²) >= 11 is 6.06. The van der Waals surface area contributed by atoms with Gasteiger partial charge in [0.05, 0.1) is 13.4 Å². The Hall–Kier alpha value is -3.50. The van der Waals surface area contributed by atoms with Crippen molar-refractivity contribution in [1.29, 1.82) is 0 Å². The second-order valence-electron chi connectivity index (χ2n) is 7.34. The van der Waals surface area contributed by atoms with Crippen LogP contribution in [0.1, 0.15) is 18.1 Å². The lowest BCUT2D eigenvalue weighted by Gasteiger charge is -2.11. The lowest BCUT2D eigenvalue weighted by molar-refractivity contribution is -0.111. The van der Waals surface area contributed by atoms with E-state index in [1.165, 1.54) is 0 Å². The molecular formula is C26H22ClNO3. The van der Waals surface area contributed by atoms with Crippen molar-refractivity contribution in [2.45, 2.75) is 13.8 Å². The lowest BCUT2D eigenvalue weighted by atomic mass is 9.99. The third-order valence-corrected chi connectivity index (χ3v) is 5.45. The molecule has 156 valence electrons. The molecule has 0 spiro atoms. The zero-order valence-corrected chi connectivity index (χ0v) is 18.3. The molecule has 0 bridgehead atoms. The molecule has 0 saturated heterocycles. The van der Waals surface area contributed by atoms with Gasteiger partial charge in [0.15, 0.2) is 0 Å². The highest BCUT2D eigenvalue weighted by atomic mass is 35.5. The maximum Gasteiger partial charge on any atom is 0.248 e. The van der Waals surface area contributed by atoms with Crippen molar-refractivity contribution in [3.63, 3.8) is 0 Å². The van der Waals surface area contributed by atoms with Crippen LogP contribution < -0.4 is 10.1 Å². The second-order valence-corrected chi connectivity index (χ2v) is 7.78. The molecule has 1 heterocycles. The number of nitrogens with one attached hydrogen (secondary N) is 1. The largest absolute Gasteiger partial charge is 0.496 e. The number of carbonyl (C=O) groups is 1. The van der Waals surface area contributed by atoms with Gasteiger partial charge in [-0.05, 0) is 48.7 Å². The standard InChI is InChI=1S/C26H22ClNO3/c1-16-9-10-19(27)12-23(16)28-26(29)11-17(2)20-13-21-22(18-7-5-4-6-8-18)15-31-25(21)14-24(20)30-3/h4-15H,1-3H3,(H,28,29)/b17-11+. The normalized spacial score (nSPS) is 11.5. The molecule has 1 amide bonds. The van der Waals surface area contributed by atoms with Crippen LogP contribution in [0.5, 0.6) is 5.75 Å². The van der Waals surface area contributed by atoms with E-state index in [0.717, 1.165) is 38.8 Å². The summed E-state index contributed by atoms with van der Waals surface area (Å²) < 4.78 is 11.3. The van der Waals surface area contributed by atoms with Crippen molar-refractivity contribution in [2.24, 2.45) is 0 Å². The average molecular weight is 432 g/mol. The van der Waals surface area contributed by atoms with Crippen molar-refractivity contribution in [1.82, 2.24) is 0 Å². The van der Waals surface area contributed by atoms with Gasteiger partial charge in [-0.2, -0.15) is 0 Å². The highest BCUT2D eigenvalue weighted by molar-refractivity contribution is 6.31. The summed E-state index contributed by atoms with van der Waals surface area (Å²) in [5, 5.41) is 4.43. The molecule has 3 aromatic carbocycles. The molecule has 1 aromatic heterocycles. The van der Waals surface area contributed by atoms with Crippen LogP contribution in [0.4, 0.5) is 5.69 Å². The fourth-order valence-corrected chi connectivity index (χ4v) is 3.72. The first-order valence-electron chi connectivity index (χ1n) is 9.86. The van der Waals surface area contributed by atoms with Crippen molar-refractivity contribution in [2.75, 3.05) is 12.4 Å². The number of hydrogen-bond acceptors (Lipinski definition) is 3. The van der Waals surface area contributed by atoms with E-state index < -0.39 is 0 Å². The monoisotopic (exact) mass is 431 g/mol. The Balaban J connectivity index is 1.71. The molecule has 0 atom stereocenters. The van der Waals surface area contributed by atoms with E-state index in [-0.39, 0.29) is 5.91 Å². The highest BCUT2D eigenvalue weighted by Crippen LogP contribution is 2.37. The van der Waals surface area contributed by atoms with Gasteiger partial charge in [0.1, 0.15) is 11.3 Å². The van der Waals surface area contributed by atoms with Gasteiger partial charge in [0, 0.05) is 39.4 Å². The molecule has 0 aliphatic heterocycles. The van der Waals surface area contributed by atoms with Crippen LogP contribution in [0, 0.1) is 6.92 Å². The van der Waals surface area contributed by atoms with Gasteiger partial charge in [-0.3, -0.25) is 4.79 Å². The Morgan fingerprint density at radius 3 is 2.61 bits per heavy atom. The van der Waals surface area contributed by atoms with Gasteiger partial charge in [0.25, 0.3) is 0 Å². The molecule has 0 unspecified atom stereocenters. The van der Waals surface area contributed by atoms with Crippen LogP contribution in [0.3, 0.4) is 0 Å². The lowest BCUT2D eigenvalue weighted by Crippen LogP contribution is -2.09. The number of ether oxygens (including phenoxy) is 1. The van der Waals surface area contributed by atoms with E-state index in [1.54, 1.807) is 31.6 Å². The summed E-state index contributed by atoms with van der Waals surface area (Å²) in [5.41, 5.74) is 6.01. The number of allylic oxidation sites excluding steroid dienone is 1. The van der Waals surface area contributed by atoms with Crippen LogP contribution in [0.15, 0.2) is 77.4 Å². The number of methoxy groups -OCH3 is 1. The number of anilines is 1. The minimum atomic E-state index is -0.236. The number of benzene rings is 3. The Morgan fingerprint density at radius 1 is 1.10 bits per heavy atom. The summed E-state index contributed by atoms with van der Waals surface area (Å²) in [6.07, 6.45) is 3.31. The van der Waals surface area contributed by atoms with Gasteiger partial charge < -0.3 is 14.5 Å². The predicted molar refractivity (Wildman–Crippen MR) is 127 cm³/mol. The molecule has 4 rings (SSSR count). The minimum Gasteiger partial charge on any atom is -0.496 e. The topological polar surface area (TPSA) is 51.5 Å². The van der Waals surface area contributed by atoms with Crippen LogP contribution in [-0.4, -0.2) is 13.0 Å². The van der Waals surface area contributed by atoms with Crippen LogP contribution in [-0.2, 0) is 4.79 Å². The summed E-state index contributed by atoms with van der Waals surface area (Å²) in [6, 6.07) is 19.3. The summed E-state index contributed by atoms with van der Waals surface area (Å²) in [7, 11) is 1.61. The number of hydrogen-bond donors (Lipinski definition) is 1. The molecule has 0 saturated carbocycles. The quantitative estimate of drug-likeness (QED) is 0.342. The molecule has 31 heavy (non-hydrogen) atoms. The number of fused-ring (bicyclic) bond motifs is 1. The predicted octanol–water partition coefficient (Wildman–Crippen LogP) is 7.11. The number of halogens is 1. The molecule has 4 nitrogen and oxygen atoms in total. The van der Waals surface area contributed by atoms with Gasteiger partial charge in [-0.25, -0.2) is 0 Å². The molecule has 5 heteroatoms. The van der Waals surface area contributed by atoms with Crippen molar-refractivity contribution >= 4 is 39.7 Å². The zero-order valence-electron chi connectivity index (χ0n) is 17.5. The third-order valence-electron chi connectivity index (χ3n) is 5.21. The maximum atomic E-state index is 12.7. The number of furan rings is 1. The van der Waals surface area contributed by atoms with Crippen LogP contribution in [0.2, 0.25) is 5.02 Å². The van der Waals surface area contributed by atoms with E-state index >= 15 is 0 Å². The first kappa shape index (κ1) is 20.8. The Labute approximate surface area is 186 Å². The molecular weight excluding hydrogens is 410 g/mol. The number of rotatable bonds is 5. The van der Waals surface area contributed by atoms with E-state index in [4.69, 9.17) is 20.8 Å². The zero-order chi connectivity index (χ0) is 22.0. The summed E-state index contributed by atoms with van der Waals surface area (Å²) in [4.78, 5) is 12.7.